The quantitative estimate of drug-likeness (QED) is 0.709. The minimum atomic E-state index is -0.513. The molecule has 1 fully saturated rings. The number of carbonyl (C=O) groups is 2. The van der Waals surface area contributed by atoms with E-state index in [-0.39, 0.29) is 12.5 Å². The fourth-order valence-electron chi connectivity index (χ4n) is 3.59. The number of nitrogens with zero attached hydrogens (tertiary/aromatic N) is 2. The van der Waals surface area contributed by atoms with Crippen molar-refractivity contribution in [2.45, 2.75) is 26.3 Å². The number of amides is 2. The first-order valence-corrected chi connectivity index (χ1v) is 9.47. The Balaban J connectivity index is 1.68. The third-order valence-electron chi connectivity index (χ3n) is 5.08. The van der Waals surface area contributed by atoms with Gasteiger partial charge >= 0.3 is 5.69 Å². The lowest BCUT2D eigenvalue weighted by atomic mass is 10.1. The van der Waals surface area contributed by atoms with Crippen LogP contribution >= 0.6 is 0 Å². The molecule has 3 aromatic rings. The van der Waals surface area contributed by atoms with Gasteiger partial charge in [-0.15, -0.1) is 0 Å². The number of hydrogen-bond donors (Lipinski definition) is 2. The molecule has 148 valence electrons. The number of rotatable bonds is 4. The average Bonchev–Trinajstić information content (AvgIpc) is 3.14. The zero-order chi connectivity index (χ0) is 20.5. The molecule has 0 spiro atoms. The van der Waals surface area contributed by atoms with Gasteiger partial charge in [0.2, 0.25) is 5.91 Å². The van der Waals surface area contributed by atoms with Crippen LogP contribution in [0.1, 0.15) is 30.1 Å². The van der Waals surface area contributed by atoms with Crippen LogP contribution in [0.3, 0.4) is 0 Å². The summed E-state index contributed by atoms with van der Waals surface area (Å²) in [6, 6.07) is 11.7. The van der Waals surface area contributed by atoms with Gasteiger partial charge in [-0.05, 0) is 43.7 Å². The van der Waals surface area contributed by atoms with Gasteiger partial charge in [0, 0.05) is 25.1 Å². The van der Waals surface area contributed by atoms with Crippen molar-refractivity contribution in [3.05, 3.63) is 68.9 Å². The molecule has 4 rings (SSSR count). The van der Waals surface area contributed by atoms with Crippen molar-refractivity contribution < 1.29 is 9.59 Å². The van der Waals surface area contributed by atoms with Crippen LogP contribution in [0.15, 0.2) is 52.1 Å². The van der Waals surface area contributed by atoms with Gasteiger partial charge in [0.1, 0.15) is 0 Å². The van der Waals surface area contributed by atoms with Gasteiger partial charge in [-0.25, -0.2) is 4.79 Å². The van der Waals surface area contributed by atoms with Crippen LogP contribution in [0.25, 0.3) is 10.9 Å². The van der Waals surface area contributed by atoms with Crippen LogP contribution < -0.4 is 21.5 Å². The summed E-state index contributed by atoms with van der Waals surface area (Å²) < 4.78 is 1.10. The SMILES string of the molecule is CCn1c(=O)[nH]c2cc(C(=O)Nc3ccccc3N3CCCC3=O)ccc2c1=O. The normalized spacial score (nSPS) is 13.8. The molecule has 2 heterocycles. The lowest BCUT2D eigenvalue weighted by Gasteiger charge is -2.20. The van der Waals surface area contributed by atoms with Crippen molar-refractivity contribution in [2.75, 3.05) is 16.8 Å². The summed E-state index contributed by atoms with van der Waals surface area (Å²) in [5, 5.41) is 3.17. The zero-order valence-electron chi connectivity index (χ0n) is 15.9. The number of aromatic amines is 1. The van der Waals surface area contributed by atoms with Crippen LogP contribution in [0.4, 0.5) is 11.4 Å². The molecule has 1 aliphatic heterocycles. The van der Waals surface area contributed by atoms with E-state index >= 15 is 0 Å². The molecule has 2 N–H and O–H groups in total. The maximum absolute atomic E-state index is 12.8. The first-order valence-electron chi connectivity index (χ1n) is 9.47. The van der Waals surface area contributed by atoms with E-state index in [2.05, 4.69) is 10.3 Å². The van der Waals surface area contributed by atoms with Crippen LogP contribution in [0.2, 0.25) is 0 Å². The molecule has 0 saturated carbocycles. The Bertz CT molecular complexity index is 1240. The summed E-state index contributed by atoms with van der Waals surface area (Å²) in [7, 11) is 0. The zero-order valence-corrected chi connectivity index (χ0v) is 15.9. The molecule has 2 aromatic carbocycles. The second kappa shape index (κ2) is 7.38. The second-order valence-corrected chi connectivity index (χ2v) is 6.86. The second-order valence-electron chi connectivity index (χ2n) is 6.86. The van der Waals surface area contributed by atoms with Crippen LogP contribution in [-0.2, 0) is 11.3 Å². The van der Waals surface area contributed by atoms with E-state index in [4.69, 9.17) is 0 Å². The first kappa shape index (κ1) is 18.7. The Kier molecular flexibility index (Phi) is 4.75. The highest BCUT2D eigenvalue weighted by atomic mass is 16.2. The van der Waals surface area contributed by atoms with Gasteiger partial charge in [0.05, 0.1) is 22.3 Å². The van der Waals surface area contributed by atoms with Crippen molar-refractivity contribution >= 4 is 34.1 Å². The van der Waals surface area contributed by atoms with Crippen molar-refractivity contribution in [3.63, 3.8) is 0 Å². The van der Waals surface area contributed by atoms with E-state index in [0.717, 1.165) is 11.0 Å². The molecule has 0 bridgehead atoms. The van der Waals surface area contributed by atoms with E-state index in [1.54, 1.807) is 36.1 Å². The highest BCUT2D eigenvalue weighted by Crippen LogP contribution is 2.29. The topological polar surface area (TPSA) is 104 Å². The van der Waals surface area contributed by atoms with E-state index in [1.165, 1.54) is 12.1 Å². The number of benzene rings is 2. The number of carbonyl (C=O) groups excluding carboxylic acids is 2. The summed E-state index contributed by atoms with van der Waals surface area (Å²) in [5.74, 6) is -0.367. The molecule has 0 atom stereocenters. The van der Waals surface area contributed by atoms with Crippen LogP contribution in [-0.4, -0.2) is 27.9 Å². The predicted molar refractivity (Wildman–Crippen MR) is 110 cm³/mol. The molecule has 1 saturated heterocycles. The molecular weight excluding hydrogens is 372 g/mol. The fraction of sp³-hybridized carbons (Fsp3) is 0.238. The number of hydrogen-bond acceptors (Lipinski definition) is 4. The van der Waals surface area contributed by atoms with Gasteiger partial charge < -0.3 is 15.2 Å². The van der Waals surface area contributed by atoms with Crippen LogP contribution in [0.5, 0.6) is 0 Å². The molecule has 0 aliphatic carbocycles. The van der Waals surface area contributed by atoms with E-state index in [9.17, 15) is 19.2 Å². The molecule has 1 aliphatic rings. The lowest BCUT2D eigenvalue weighted by molar-refractivity contribution is -0.117. The fourth-order valence-corrected chi connectivity index (χ4v) is 3.59. The van der Waals surface area contributed by atoms with E-state index in [1.807, 2.05) is 6.07 Å². The Morgan fingerprint density at radius 2 is 1.93 bits per heavy atom. The minimum Gasteiger partial charge on any atom is -0.320 e. The number of nitrogens with one attached hydrogen (secondary N) is 2. The lowest BCUT2D eigenvalue weighted by Crippen LogP contribution is -2.34. The molecule has 8 heteroatoms. The standard InChI is InChI=1S/C21H20N4O4/c1-2-24-20(28)14-10-9-13(12-16(14)23-21(24)29)19(27)22-15-6-3-4-7-17(15)25-11-5-8-18(25)26/h3-4,6-7,9-10,12H,2,5,8,11H2,1H3,(H,22,27)(H,23,29). The van der Waals surface area contributed by atoms with Crippen molar-refractivity contribution in [3.8, 4) is 0 Å². The highest BCUT2D eigenvalue weighted by Gasteiger charge is 2.24. The molecule has 1 aromatic heterocycles. The number of para-hydroxylation sites is 2. The number of H-pyrrole nitrogens is 1. The van der Waals surface area contributed by atoms with Crippen molar-refractivity contribution in [2.24, 2.45) is 0 Å². The summed E-state index contributed by atoms with van der Waals surface area (Å²) in [6.45, 7) is 2.60. The van der Waals surface area contributed by atoms with E-state index in [0.29, 0.717) is 40.8 Å². The third-order valence-corrected chi connectivity index (χ3v) is 5.08. The molecule has 0 radical (unpaired) electrons. The van der Waals surface area contributed by atoms with Gasteiger partial charge in [0.25, 0.3) is 11.5 Å². The molecule has 29 heavy (non-hydrogen) atoms. The maximum Gasteiger partial charge on any atom is 0.328 e. The summed E-state index contributed by atoms with van der Waals surface area (Å²) in [4.78, 5) is 53.6. The molecule has 2 amide bonds. The van der Waals surface area contributed by atoms with Crippen LogP contribution in [0, 0.1) is 0 Å². The summed E-state index contributed by atoms with van der Waals surface area (Å²) in [5.41, 5.74) is 0.882. The minimum absolute atomic E-state index is 0.0298. The summed E-state index contributed by atoms with van der Waals surface area (Å²) >= 11 is 0. The number of fused-ring (bicyclic) bond motifs is 1. The van der Waals surface area contributed by atoms with Gasteiger partial charge in [-0.3, -0.25) is 19.0 Å². The Labute approximate surface area is 165 Å². The van der Waals surface area contributed by atoms with Gasteiger partial charge in [-0.1, -0.05) is 12.1 Å². The van der Waals surface area contributed by atoms with Gasteiger partial charge in [-0.2, -0.15) is 0 Å². The first-order chi connectivity index (χ1) is 14.0. The molecule has 0 unspecified atom stereocenters. The van der Waals surface area contributed by atoms with Crippen molar-refractivity contribution in [1.29, 1.82) is 0 Å². The molecular formula is C21H20N4O4. The monoisotopic (exact) mass is 392 g/mol. The summed E-state index contributed by atoms with van der Waals surface area (Å²) in [6.07, 6.45) is 1.28. The average molecular weight is 392 g/mol. The Morgan fingerprint density at radius 3 is 2.66 bits per heavy atom. The van der Waals surface area contributed by atoms with E-state index < -0.39 is 17.2 Å². The third kappa shape index (κ3) is 3.33. The molecule has 8 nitrogen and oxygen atoms in total. The number of anilines is 2. The Hall–Kier alpha value is -3.68. The maximum atomic E-state index is 12.8. The predicted octanol–water partition coefficient (Wildman–Crippen LogP) is 2.09. The Morgan fingerprint density at radius 1 is 1.14 bits per heavy atom. The largest absolute Gasteiger partial charge is 0.328 e. The van der Waals surface area contributed by atoms with Crippen molar-refractivity contribution in [1.82, 2.24) is 9.55 Å². The van der Waals surface area contributed by atoms with Gasteiger partial charge in [0.15, 0.2) is 0 Å². The highest BCUT2D eigenvalue weighted by molar-refractivity contribution is 6.09. The number of aromatic nitrogens is 2. The smallest absolute Gasteiger partial charge is 0.320 e.